The van der Waals surface area contributed by atoms with Crippen LogP contribution >= 0.6 is 0 Å². The average Bonchev–Trinajstić information content (AvgIpc) is 2.54. The highest BCUT2D eigenvalue weighted by molar-refractivity contribution is 5.20. The first-order valence-corrected chi connectivity index (χ1v) is 7.68. The third kappa shape index (κ3) is 6.61. The van der Waals surface area contributed by atoms with E-state index in [-0.39, 0.29) is 0 Å². The molecule has 0 aromatic heterocycles. The number of para-hydroxylation sites is 1. The van der Waals surface area contributed by atoms with Gasteiger partial charge in [0.05, 0.1) is 12.7 Å². The number of nitriles is 1. The van der Waals surface area contributed by atoms with Crippen LogP contribution in [-0.2, 0) is 4.74 Å². The first-order chi connectivity index (χ1) is 10.3. The highest BCUT2D eigenvalue weighted by Gasteiger charge is 2.25. The molecule has 1 rings (SSSR count). The molecule has 1 unspecified atom stereocenters. The quantitative estimate of drug-likeness (QED) is 0.636. The minimum atomic E-state index is -0.404. The largest absolute Gasteiger partial charge is 0.491 e. The Hall–Kier alpha value is -1.57. The number of nitrogens with one attached hydrogen (secondary N) is 1. The predicted molar refractivity (Wildman–Crippen MR) is 84.3 cm³/mol. The van der Waals surface area contributed by atoms with E-state index in [1.807, 2.05) is 44.2 Å². The van der Waals surface area contributed by atoms with E-state index in [4.69, 9.17) is 9.47 Å². The van der Waals surface area contributed by atoms with Crippen molar-refractivity contribution in [3.05, 3.63) is 30.3 Å². The second-order valence-corrected chi connectivity index (χ2v) is 4.96. The van der Waals surface area contributed by atoms with Gasteiger partial charge in [-0.25, -0.2) is 0 Å². The fourth-order valence-corrected chi connectivity index (χ4v) is 2.22. The molecule has 1 atom stereocenters. The topological polar surface area (TPSA) is 54.3 Å². The van der Waals surface area contributed by atoms with Crippen LogP contribution in [0.5, 0.6) is 5.75 Å². The van der Waals surface area contributed by atoms with Crippen molar-refractivity contribution in [3.8, 4) is 11.8 Å². The molecule has 0 saturated carbocycles. The predicted octanol–water partition coefficient (Wildman–Crippen LogP) is 3.14. The van der Waals surface area contributed by atoms with E-state index in [1.165, 1.54) is 0 Å². The average molecular weight is 290 g/mol. The normalized spacial score (nSPS) is 13.4. The summed E-state index contributed by atoms with van der Waals surface area (Å²) in [5, 5.41) is 12.6. The summed E-state index contributed by atoms with van der Waals surface area (Å²) in [5.41, 5.74) is -0.404. The van der Waals surface area contributed by atoms with E-state index in [1.54, 1.807) is 0 Å². The van der Waals surface area contributed by atoms with Gasteiger partial charge < -0.3 is 9.47 Å². The van der Waals surface area contributed by atoms with Crippen molar-refractivity contribution in [1.29, 1.82) is 5.26 Å². The lowest BCUT2D eigenvalue weighted by molar-refractivity contribution is 0.0940. The van der Waals surface area contributed by atoms with Crippen molar-refractivity contribution < 1.29 is 9.47 Å². The summed E-state index contributed by atoms with van der Waals surface area (Å²) >= 11 is 0. The van der Waals surface area contributed by atoms with Crippen molar-refractivity contribution in [2.75, 3.05) is 26.4 Å². The van der Waals surface area contributed by atoms with Gasteiger partial charge in [-0.3, -0.25) is 5.32 Å². The number of ether oxygens (including phenoxy) is 2. The third-order valence-electron chi connectivity index (χ3n) is 3.46. The molecule has 1 aromatic carbocycles. The van der Waals surface area contributed by atoms with Gasteiger partial charge in [0.2, 0.25) is 0 Å². The van der Waals surface area contributed by atoms with Gasteiger partial charge in [-0.15, -0.1) is 0 Å². The molecule has 116 valence electrons. The van der Waals surface area contributed by atoms with Gasteiger partial charge in [0.1, 0.15) is 17.9 Å². The minimum Gasteiger partial charge on any atom is -0.491 e. The van der Waals surface area contributed by atoms with Crippen LogP contribution in [0.3, 0.4) is 0 Å². The maximum atomic E-state index is 9.30. The SMILES string of the molecule is CCNC(C#N)(CC)CCCOCCOc1ccccc1. The summed E-state index contributed by atoms with van der Waals surface area (Å²) < 4.78 is 11.1. The summed E-state index contributed by atoms with van der Waals surface area (Å²) in [7, 11) is 0. The molecule has 0 radical (unpaired) electrons. The molecule has 0 bridgehead atoms. The van der Waals surface area contributed by atoms with Crippen LogP contribution in [0.15, 0.2) is 30.3 Å². The maximum absolute atomic E-state index is 9.30. The van der Waals surface area contributed by atoms with E-state index in [0.717, 1.165) is 31.6 Å². The maximum Gasteiger partial charge on any atom is 0.119 e. The summed E-state index contributed by atoms with van der Waals surface area (Å²) in [4.78, 5) is 0. The van der Waals surface area contributed by atoms with Gasteiger partial charge in [-0.05, 0) is 37.9 Å². The Morgan fingerprint density at radius 2 is 1.90 bits per heavy atom. The Kier molecular flexibility index (Phi) is 8.49. The Balaban J connectivity index is 2.10. The van der Waals surface area contributed by atoms with Crippen LogP contribution < -0.4 is 10.1 Å². The third-order valence-corrected chi connectivity index (χ3v) is 3.46. The van der Waals surface area contributed by atoms with Crippen molar-refractivity contribution in [2.24, 2.45) is 0 Å². The lowest BCUT2D eigenvalue weighted by Gasteiger charge is -2.25. The zero-order chi connectivity index (χ0) is 15.4. The number of hydrogen-bond donors (Lipinski definition) is 1. The van der Waals surface area contributed by atoms with Crippen LogP contribution in [0.1, 0.15) is 33.1 Å². The van der Waals surface area contributed by atoms with Crippen LogP contribution in [0.2, 0.25) is 0 Å². The second-order valence-electron chi connectivity index (χ2n) is 4.96. The fourth-order valence-electron chi connectivity index (χ4n) is 2.22. The molecule has 1 aromatic rings. The van der Waals surface area contributed by atoms with Crippen LogP contribution in [0.4, 0.5) is 0 Å². The molecule has 0 heterocycles. The number of nitrogens with zero attached hydrogens (tertiary/aromatic N) is 1. The molecule has 0 aliphatic carbocycles. The van der Waals surface area contributed by atoms with E-state index in [2.05, 4.69) is 11.4 Å². The standard InChI is InChI=1S/C17H26N2O2/c1-3-17(15-18,19-4-2)11-8-12-20-13-14-21-16-9-6-5-7-10-16/h5-7,9-10,19H,3-4,8,11-14H2,1-2H3. The highest BCUT2D eigenvalue weighted by Crippen LogP contribution is 2.16. The van der Waals surface area contributed by atoms with Gasteiger partial charge in [0, 0.05) is 6.61 Å². The highest BCUT2D eigenvalue weighted by atomic mass is 16.5. The van der Waals surface area contributed by atoms with E-state index < -0.39 is 5.54 Å². The smallest absolute Gasteiger partial charge is 0.119 e. The molecule has 4 nitrogen and oxygen atoms in total. The first-order valence-electron chi connectivity index (χ1n) is 7.68. The molecular formula is C17H26N2O2. The summed E-state index contributed by atoms with van der Waals surface area (Å²) in [5.74, 6) is 0.864. The van der Waals surface area contributed by atoms with Gasteiger partial charge >= 0.3 is 0 Å². The van der Waals surface area contributed by atoms with Crippen molar-refractivity contribution >= 4 is 0 Å². The van der Waals surface area contributed by atoms with Crippen molar-refractivity contribution in [3.63, 3.8) is 0 Å². The molecule has 4 heteroatoms. The number of hydrogen-bond acceptors (Lipinski definition) is 4. The fraction of sp³-hybridized carbons (Fsp3) is 0.588. The molecule has 1 N–H and O–H groups in total. The first kappa shape index (κ1) is 17.5. The zero-order valence-corrected chi connectivity index (χ0v) is 13.1. The van der Waals surface area contributed by atoms with Gasteiger partial charge in [-0.2, -0.15) is 5.26 Å². The lowest BCUT2D eigenvalue weighted by atomic mass is 9.92. The summed E-state index contributed by atoms with van der Waals surface area (Å²) in [6.07, 6.45) is 2.50. The van der Waals surface area contributed by atoms with Crippen LogP contribution in [0.25, 0.3) is 0 Å². The van der Waals surface area contributed by atoms with Gasteiger partial charge in [0.15, 0.2) is 0 Å². The molecule has 0 aliphatic rings. The molecule has 21 heavy (non-hydrogen) atoms. The molecule has 0 fully saturated rings. The minimum absolute atomic E-state index is 0.404. The molecular weight excluding hydrogens is 264 g/mol. The summed E-state index contributed by atoms with van der Waals surface area (Å²) in [6.45, 7) is 6.66. The van der Waals surface area contributed by atoms with E-state index in [9.17, 15) is 5.26 Å². The van der Waals surface area contributed by atoms with Gasteiger partial charge in [-0.1, -0.05) is 32.0 Å². The zero-order valence-electron chi connectivity index (χ0n) is 13.1. The van der Waals surface area contributed by atoms with E-state index >= 15 is 0 Å². The number of rotatable bonds is 11. The Labute approximate surface area is 128 Å². The number of benzene rings is 1. The van der Waals surface area contributed by atoms with Crippen LogP contribution in [-0.4, -0.2) is 31.9 Å². The van der Waals surface area contributed by atoms with Gasteiger partial charge in [0.25, 0.3) is 0 Å². The van der Waals surface area contributed by atoms with Crippen molar-refractivity contribution in [1.82, 2.24) is 5.32 Å². The molecule has 0 amide bonds. The Bertz CT molecular complexity index is 417. The Morgan fingerprint density at radius 1 is 1.14 bits per heavy atom. The van der Waals surface area contributed by atoms with Crippen molar-refractivity contribution in [2.45, 2.75) is 38.6 Å². The molecule has 0 aliphatic heterocycles. The summed E-state index contributed by atoms with van der Waals surface area (Å²) in [6, 6.07) is 12.1. The molecule has 0 saturated heterocycles. The van der Waals surface area contributed by atoms with Crippen LogP contribution in [0, 0.1) is 11.3 Å². The monoisotopic (exact) mass is 290 g/mol. The second kappa shape index (κ2) is 10.2. The van der Waals surface area contributed by atoms with E-state index in [0.29, 0.717) is 19.8 Å². The lowest BCUT2D eigenvalue weighted by Crippen LogP contribution is -2.43. The molecule has 0 spiro atoms. The Morgan fingerprint density at radius 3 is 2.52 bits per heavy atom.